The average molecular weight is 472 g/mol. The Balaban J connectivity index is 1.88. The van der Waals surface area contributed by atoms with Crippen LogP contribution in [0.15, 0.2) is 60.7 Å². The van der Waals surface area contributed by atoms with Crippen molar-refractivity contribution >= 4 is 11.9 Å². The van der Waals surface area contributed by atoms with E-state index in [0.717, 1.165) is 11.1 Å². The molecule has 34 heavy (non-hydrogen) atoms. The Labute approximate surface area is 200 Å². The molecular formula is C26H33NO7. The zero-order valence-corrected chi connectivity index (χ0v) is 19.7. The minimum atomic E-state index is -1.12. The Morgan fingerprint density at radius 3 is 2.06 bits per heavy atom. The molecule has 0 aliphatic carbocycles. The van der Waals surface area contributed by atoms with E-state index in [4.69, 9.17) is 29.4 Å². The Morgan fingerprint density at radius 2 is 1.50 bits per heavy atom. The number of rotatable bonds is 12. The molecule has 1 aliphatic heterocycles. The van der Waals surface area contributed by atoms with Crippen LogP contribution in [0.3, 0.4) is 0 Å². The third-order valence-corrected chi connectivity index (χ3v) is 5.55. The van der Waals surface area contributed by atoms with Gasteiger partial charge in [-0.1, -0.05) is 60.7 Å². The molecule has 4 atom stereocenters. The lowest BCUT2D eigenvalue weighted by Gasteiger charge is -2.34. The largest absolute Gasteiger partial charge is 0.453 e. The van der Waals surface area contributed by atoms with E-state index in [-0.39, 0.29) is 13.2 Å². The van der Waals surface area contributed by atoms with Crippen molar-refractivity contribution < 1.29 is 33.3 Å². The van der Waals surface area contributed by atoms with Crippen molar-refractivity contribution in [2.45, 2.75) is 64.0 Å². The van der Waals surface area contributed by atoms with Crippen molar-refractivity contribution in [1.29, 1.82) is 0 Å². The SMILES string of the molecule is CC(=O)O[C@H]1O[C@](CCCN)(COCc2ccccc2)[C@@H](OCc2ccccc2)[C@H]1OC(C)=O. The van der Waals surface area contributed by atoms with Crippen molar-refractivity contribution in [2.75, 3.05) is 13.2 Å². The lowest BCUT2D eigenvalue weighted by atomic mass is 9.90. The highest BCUT2D eigenvalue weighted by atomic mass is 16.8. The van der Waals surface area contributed by atoms with Gasteiger partial charge in [-0.2, -0.15) is 0 Å². The second kappa shape index (κ2) is 12.6. The van der Waals surface area contributed by atoms with Gasteiger partial charge in [0.1, 0.15) is 11.7 Å². The van der Waals surface area contributed by atoms with Crippen LogP contribution >= 0.6 is 0 Å². The first-order valence-electron chi connectivity index (χ1n) is 11.4. The maximum absolute atomic E-state index is 11.9. The summed E-state index contributed by atoms with van der Waals surface area (Å²) in [4.78, 5) is 23.8. The van der Waals surface area contributed by atoms with E-state index >= 15 is 0 Å². The first-order valence-corrected chi connectivity index (χ1v) is 11.4. The molecule has 0 unspecified atom stereocenters. The molecule has 1 fully saturated rings. The van der Waals surface area contributed by atoms with E-state index < -0.39 is 36.0 Å². The minimum Gasteiger partial charge on any atom is -0.453 e. The topological polar surface area (TPSA) is 106 Å². The lowest BCUT2D eigenvalue weighted by molar-refractivity contribution is -0.213. The highest BCUT2D eigenvalue weighted by Gasteiger charge is 2.59. The van der Waals surface area contributed by atoms with E-state index in [2.05, 4.69) is 0 Å². The molecule has 0 spiro atoms. The first kappa shape index (κ1) is 25.8. The van der Waals surface area contributed by atoms with Gasteiger partial charge in [0.2, 0.25) is 6.29 Å². The van der Waals surface area contributed by atoms with E-state index in [9.17, 15) is 9.59 Å². The molecule has 184 valence electrons. The first-order chi connectivity index (χ1) is 16.4. The highest BCUT2D eigenvalue weighted by Crippen LogP contribution is 2.40. The number of ether oxygens (including phenoxy) is 5. The summed E-state index contributed by atoms with van der Waals surface area (Å²) in [5.41, 5.74) is 6.73. The number of hydrogen-bond acceptors (Lipinski definition) is 8. The molecular weight excluding hydrogens is 438 g/mol. The second-order valence-corrected chi connectivity index (χ2v) is 8.32. The summed E-state index contributed by atoms with van der Waals surface area (Å²) in [5, 5.41) is 0. The Morgan fingerprint density at radius 1 is 0.912 bits per heavy atom. The maximum atomic E-state index is 11.9. The second-order valence-electron chi connectivity index (χ2n) is 8.32. The molecule has 2 N–H and O–H groups in total. The van der Waals surface area contributed by atoms with Crippen molar-refractivity contribution in [3.63, 3.8) is 0 Å². The van der Waals surface area contributed by atoms with E-state index in [1.807, 2.05) is 60.7 Å². The molecule has 1 heterocycles. The fourth-order valence-corrected chi connectivity index (χ4v) is 4.08. The number of esters is 2. The standard InChI is InChI=1S/C26H33NO7/c1-19(28)32-23-24(31-17-22-12-7-4-8-13-22)26(14-9-15-27,34-25(23)33-20(2)29)18-30-16-21-10-5-3-6-11-21/h3-8,10-13,23-25H,9,14-18,27H2,1-2H3/t23-,24+,25+,26-/m1/s1. The summed E-state index contributed by atoms with van der Waals surface area (Å²) in [6, 6.07) is 19.4. The predicted octanol–water partition coefficient (Wildman–Crippen LogP) is 3.12. The van der Waals surface area contributed by atoms with Crippen LogP contribution < -0.4 is 5.73 Å². The molecule has 1 saturated heterocycles. The molecule has 1 aliphatic rings. The maximum Gasteiger partial charge on any atom is 0.305 e. The highest BCUT2D eigenvalue weighted by molar-refractivity contribution is 5.67. The quantitative estimate of drug-likeness (QED) is 0.471. The van der Waals surface area contributed by atoms with Crippen molar-refractivity contribution in [3.8, 4) is 0 Å². The number of carbonyl (C=O) groups is 2. The molecule has 3 rings (SSSR count). The van der Waals surface area contributed by atoms with Gasteiger partial charge in [-0.3, -0.25) is 9.59 Å². The monoisotopic (exact) mass is 471 g/mol. The number of benzene rings is 2. The number of hydrogen-bond donors (Lipinski definition) is 1. The van der Waals surface area contributed by atoms with Gasteiger partial charge in [0.15, 0.2) is 6.10 Å². The molecule has 0 saturated carbocycles. The van der Waals surface area contributed by atoms with Gasteiger partial charge in [0.25, 0.3) is 0 Å². The summed E-state index contributed by atoms with van der Waals surface area (Å²) in [7, 11) is 0. The summed E-state index contributed by atoms with van der Waals surface area (Å²) in [6.07, 6.45) is -1.75. The van der Waals surface area contributed by atoms with Gasteiger partial charge >= 0.3 is 11.9 Å². The lowest BCUT2D eigenvalue weighted by Crippen LogP contribution is -2.49. The Hall–Kier alpha value is -2.78. The smallest absolute Gasteiger partial charge is 0.305 e. The number of nitrogens with two attached hydrogens (primary N) is 1. The van der Waals surface area contributed by atoms with Crippen LogP contribution in [0.2, 0.25) is 0 Å². The zero-order valence-electron chi connectivity index (χ0n) is 19.7. The molecule has 2 aromatic carbocycles. The van der Waals surface area contributed by atoms with Crippen molar-refractivity contribution in [2.24, 2.45) is 5.73 Å². The fourth-order valence-electron chi connectivity index (χ4n) is 4.08. The molecule has 0 amide bonds. The van der Waals surface area contributed by atoms with Crippen LogP contribution in [0.4, 0.5) is 0 Å². The van der Waals surface area contributed by atoms with Crippen molar-refractivity contribution in [3.05, 3.63) is 71.8 Å². The summed E-state index contributed by atoms with van der Waals surface area (Å²) in [5.74, 6) is -1.08. The summed E-state index contributed by atoms with van der Waals surface area (Å²) >= 11 is 0. The molecule has 0 bridgehead atoms. The molecule has 0 radical (unpaired) electrons. The van der Waals surface area contributed by atoms with Crippen LogP contribution in [0.1, 0.15) is 37.8 Å². The Bertz CT molecular complexity index is 908. The van der Waals surface area contributed by atoms with E-state index in [0.29, 0.717) is 26.0 Å². The fraction of sp³-hybridized carbons (Fsp3) is 0.462. The zero-order chi connectivity index (χ0) is 24.4. The van der Waals surface area contributed by atoms with Gasteiger partial charge in [-0.05, 0) is 30.5 Å². The molecule has 8 heteroatoms. The third kappa shape index (κ3) is 7.11. The average Bonchev–Trinajstić information content (AvgIpc) is 3.08. The molecule has 8 nitrogen and oxygen atoms in total. The van der Waals surface area contributed by atoms with Crippen LogP contribution in [0.25, 0.3) is 0 Å². The van der Waals surface area contributed by atoms with E-state index in [1.54, 1.807) is 0 Å². The normalized spacial score (nSPS) is 24.0. The van der Waals surface area contributed by atoms with Crippen molar-refractivity contribution in [1.82, 2.24) is 0 Å². The minimum absolute atomic E-state index is 0.136. The summed E-state index contributed by atoms with van der Waals surface area (Å²) < 4.78 is 29.6. The van der Waals surface area contributed by atoms with Gasteiger partial charge in [0.05, 0.1) is 19.8 Å². The van der Waals surface area contributed by atoms with E-state index in [1.165, 1.54) is 13.8 Å². The van der Waals surface area contributed by atoms with Crippen LogP contribution in [0, 0.1) is 0 Å². The van der Waals surface area contributed by atoms with Crippen LogP contribution in [0.5, 0.6) is 0 Å². The van der Waals surface area contributed by atoms with Gasteiger partial charge in [0, 0.05) is 13.8 Å². The van der Waals surface area contributed by atoms with Crippen LogP contribution in [-0.4, -0.2) is 49.2 Å². The molecule has 2 aromatic rings. The Kier molecular flexibility index (Phi) is 9.59. The molecule has 0 aromatic heterocycles. The van der Waals surface area contributed by atoms with Crippen LogP contribution in [-0.2, 0) is 46.5 Å². The van der Waals surface area contributed by atoms with Gasteiger partial charge in [-0.15, -0.1) is 0 Å². The van der Waals surface area contributed by atoms with Gasteiger partial charge < -0.3 is 29.4 Å². The summed E-state index contributed by atoms with van der Waals surface area (Å²) in [6.45, 7) is 3.74. The predicted molar refractivity (Wildman–Crippen MR) is 124 cm³/mol. The number of carbonyl (C=O) groups excluding carboxylic acids is 2. The third-order valence-electron chi connectivity index (χ3n) is 5.55. The van der Waals surface area contributed by atoms with Gasteiger partial charge in [-0.25, -0.2) is 0 Å².